The number of carbonyl (C=O) groups excluding carboxylic acids is 1. The third-order valence-electron chi connectivity index (χ3n) is 5.48. The monoisotopic (exact) mass is 430 g/mol. The number of aliphatic imine (C=N–C) groups is 1. The first-order valence-electron chi connectivity index (χ1n) is 11.2. The quantitative estimate of drug-likeness (QED) is 0.253. The molecule has 31 heavy (non-hydrogen) atoms. The van der Waals surface area contributed by atoms with E-state index in [-0.39, 0.29) is 5.91 Å². The van der Waals surface area contributed by atoms with Crippen LogP contribution in [0.5, 0.6) is 11.5 Å². The summed E-state index contributed by atoms with van der Waals surface area (Å²) in [4.78, 5) is 21.5. The summed E-state index contributed by atoms with van der Waals surface area (Å²) >= 11 is 0. The molecule has 2 rings (SSSR count). The number of benzene rings is 1. The van der Waals surface area contributed by atoms with Gasteiger partial charge in [-0.15, -0.1) is 6.58 Å². The number of unbranched alkanes of at least 4 members (excludes halogenated alkanes) is 1. The van der Waals surface area contributed by atoms with Crippen molar-refractivity contribution in [2.24, 2.45) is 4.99 Å². The Morgan fingerprint density at radius 2 is 1.97 bits per heavy atom. The third-order valence-corrected chi connectivity index (χ3v) is 5.48. The van der Waals surface area contributed by atoms with Gasteiger partial charge in [0.15, 0.2) is 17.5 Å². The number of nitrogens with one attached hydrogen (secondary N) is 1. The Bertz CT molecular complexity index is 763. The number of methoxy groups -OCH3 is 2. The molecular formula is C24H38N4O3. The van der Waals surface area contributed by atoms with Gasteiger partial charge in [0.1, 0.15) is 0 Å². The van der Waals surface area contributed by atoms with Gasteiger partial charge in [-0.1, -0.05) is 6.08 Å². The van der Waals surface area contributed by atoms with Gasteiger partial charge in [-0.2, -0.15) is 0 Å². The fourth-order valence-electron chi connectivity index (χ4n) is 3.72. The molecule has 0 spiro atoms. The van der Waals surface area contributed by atoms with Crippen molar-refractivity contribution in [2.75, 3.05) is 47.4 Å². The molecule has 0 unspecified atom stereocenters. The summed E-state index contributed by atoms with van der Waals surface area (Å²) in [5, 5.41) is 3.32. The molecule has 0 radical (unpaired) electrons. The molecule has 1 amide bonds. The molecule has 1 aromatic carbocycles. The summed E-state index contributed by atoms with van der Waals surface area (Å²) in [5.74, 6) is 2.52. The largest absolute Gasteiger partial charge is 0.493 e. The zero-order valence-electron chi connectivity index (χ0n) is 19.6. The van der Waals surface area contributed by atoms with Crippen molar-refractivity contribution in [2.45, 2.75) is 45.6 Å². The van der Waals surface area contributed by atoms with Crippen molar-refractivity contribution >= 4 is 11.9 Å². The van der Waals surface area contributed by atoms with Crippen molar-refractivity contribution in [1.29, 1.82) is 0 Å². The summed E-state index contributed by atoms with van der Waals surface area (Å²) < 4.78 is 10.8. The number of guanidine groups is 1. The number of rotatable bonds is 11. The zero-order chi connectivity index (χ0) is 22.6. The fraction of sp³-hybridized carbons (Fsp3) is 0.583. The lowest BCUT2D eigenvalue weighted by Gasteiger charge is -2.29. The van der Waals surface area contributed by atoms with E-state index in [1.807, 2.05) is 30.2 Å². The van der Waals surface area contributed by atoms with Crippen LogP contribution in [-0.4, -0.2) is 69.1 Å². The summed E-state index contributed by atoms with van der Waals surface area (Å²) in [5.41, 5.74) is 2.35. The molecule has 0 saturated heterocycles. The average molecular weight is 431 g/mol. The first-order chi connectivity index (χ1) is 15.0. The molecule has 1 aliphatic heterocycles. The summed E-state index contributed by atoms with van der Waals surface area (Å²) in [6.07, 6.45) is 6.07. The van der Waals surface area contributed by atoms with E-state index in [1.54, 1.807) is 14.2 Å². The van der Waals surface area contributed by atoms with E-state index in [0.717, 1.165) is 62.6 Å². The Morgan fingerprint density at radius 3 is 2.61 bits per heavy atom. The smallest absolute Gasteiger partial charge is 0.222 e. The molecule has 7 heteroatoms. The van der Waals surface area contributed by atoms with Crippen molar-refractivity contribution in [1.82, 2.24) is 15.1 Å². The van der Waals surface area contributed by atoms with Gasteiger partial charge in [0.25, 0.3) is 0 Å². The van der Waals surface area contributed by atoms with Crippen LogP contribution in [-0.2, 0) is 17.8 Å². The Balaban J connectivity index is 1.87. The highest BCUT2D eigenvalue weighted by molar-refractivity contribution is 5.80. The van der Waals surface area contributed by atoms with E-state index in [0.29, 0.717) is 25.3 Å². The van der Waals surface area contributed by atoms with E-state index in [1.165, 1.54) is 5.56 Å². The van der Waals surface area contributed by atoms with Crippen LogP contribution in [0, 0.1) is 0 Å². The molecule has 1 N–H and O–H groups in total. The number of hydrogen-bond acceptors (Lipinski definition) is 4. The minimum absolute atomic E-state index is 0.181. The maximum Gasteiger partial charge on any atom is 0.222 e. The molecule has 0 fully saturated rings. The lowest BCUT2D eigenvalue weighted by molar-refractivity contribution is -0.132. The van der Waals surface area contributed by atoms with Crippen LogP contribution in [0.2, 0.25) is 0 Å². The Hall–Kier alpha value is -2.70. The highest BCUT2D eigenvalue weighted by Gasteiger charge is 2.22. The Kier molecular flexibility index (Phi) is 10.2. The van der Waals surface area contributed by atoms with Gasteiger partial charge < -0.3 is 24.6 Å². The lowest BCUT2D eigenvalue weighted by Crippen LogP contribution is -2.39. The minimum atomic E-state index is 0.181. The summed E-state index contributed by atoms with van der Waals surface area (Å²) in [6.45, 7) is 9.58. The van der Waals surface area contributed by atoms with Gasteiger partial charge in [0.05, 0.1) is 14.2 Å². The minimum Gasteiger partial charge on any atom is -0.493 e. The number of amides is 1. The van der Waals surface area contributed by atoms with Gasteiger partial charge in [0.2, 0.25) is 5.91 Å². The van der Waals surface area contributed by atoms with Crippen molar-refractivity contribution in [3.05, 3.63) is 35.9 Å². The molecule has 1 heterocycles. The van der Waals surface area contributed by atoms with E-state index < -0.39 is 0 Å². The Labute approximate surface area is 187 Å². The predicted octanol–water partition coefficient (Wildman–Crippen LogP) is 3.23. The number of ether oxygens (including phenoxy) is 2. The second-order valence-electron chi connectivity index (χ2n) is 7.73. The molecule has 1 aromatic rings. The highest BCUT2D eigenvalue weighted by atomic mass is 16.5. The molecule has 0 saturated carbocycles. The molecular weight excluding hydrogens is 392 g/mol. The maximum atomic E-state index is 12.8. The van der Waals surface area contributed by atoms with E-state index in [4.69, 9.17) is 14.5 Å². The number of nitrogens with zero attached hydrogens (tertiary/aromatic N) is 3. The van der Waals surface area contributed by atoms with Crippen molar-refractivity contribution in [3.63, 3.8) is 0 Å². The van der Waals surface area contributed by atoms with Crippen LogP contribution in [0.3, 0.4) is 0 Å². The van der Waals surface area contributed by atoms with E-state index in [2.05, 4.69) is 23.7 Å². The standard InChI is InChI=1S/C24H38N4O3/c1-6-8-9-14-27(3)24(25-7-2)26-13-10-11-23(29)28-15-12-19-16-21(30-4)22(31-5)17-20(19)18-28/h6,16-17H,1,7-15,18H2,2-5H3,(H,25,26). The van der Waals surface area contributed by atoms with E-state index in [9.17, 15) is 4.79 Å². The number of hydrogen-bond donors (Lipinski definition) is 1. The van der Waals surface area contributed by atoms with Crippen molar-refractivity contribution < 1.29 is 14.3 Å². The normalized spacial score (nSPS) is 13.4. The van der Waals surface area contributed by atoms with Crippen LogP contribution in [0.15, 0.2) is 29.8 Å². The van der Waals surface area contributed by atoms with Crippen LogP contribution >= 0.6 is 0 Å². The topological polar surface area (TPSA) is 66.4 Å². The maximum absolute atomic E-state index is 12.8. The first kappa shape index (κ1) is 24.6. The van der Waals surface area contributed by atoms with Gasteiger partial charge in [-0.25, -0.2) is 0 Å². The van der Waals surface area contributed by atoms with Crippen molar-refractivity contribution in [3.8, 4) is 11.5 Å². The summed E-state index contributed by atoms with van der Waals surface area (Å²) in [7, 11) is 5.32. The zero-order valence-corrected chi connectivity index (χ0v) is 19.6. The molecule has 0 bridgehead atoms. The van der Waals surface area contributed by atoms with Gasteiger partial charge in [0, 0.05) is 46.2 Å². The lowest BCUT2D eigenvalue weighted by atomic mass is 9.98. The molecule has 1 aliphatic rings. The summed E-state index contributed by atoms with van der Waals surface area (Å²) in [6, 6.07) is 4.02. The van der Waals surface area contributed by atoms with Crippen LogP contribution in [0.4, 0.5) is 0 Å². The van der Waals surface area contributed by atoms with Gasteiger partial charge in [-0.05, 0) is 55.9 Å². The average Bonchev–Trinajstić information content (AvgIpc) is 2.79. The van der Waals surface area contributed by atoms with Crippen LogP contribution < -0.4 is 14.8 Å². The molecule has 0 aromatic heterocycles. The number of carbonyl (C=O) groups is 1. The number of fused-ring (bicyclic) bond motifs is 1. The second-order valence-corrected chi connectivity index (χ2v) is 7.73. The third kappa shape index (κ3) is 7.19. The SMILES string of the molecule is C=CCCCN(C)C(=NCCCC(=O)N1CCc2cc(OC)c(OC)cc2C1)NCC. The van der Waals surface area contributed by atoms with Gasteiger partial charge >= 0.3 is 0 Å². The molecule has 0 aliphatic carbocycles. The highest BCUT2D eigenvalue weighted by Crippen LogP contribution is 2.33. The predicted molar refractivity (Wildman–Crippen MR) is 126 cm³/mol. The number of allylic oxidation sites excluding steroid dienone is 1. The molecule has 7 nitrogen and oxygen atoms in total. The van der Waals surface area contributed by atoms with Crippen LogP contribution in [0.25, 0.3) is 0 Å². The van der Waals surface area contributed by atoms with Crippen LogP contribution in [0.1, 0.15) is 43.7 Å². The van der Waals surface area contributed by atoms with Gasteiger partial charge in [-0.3, -0.25) is 9.79 Å². The fourth-order valence-corrected chi connectivity index (χ4v) is 3.72. The first-order valence-corrected chi connectivity index (χ1v) is 11.2. The second kappa shape index (κ2) is 12.9. The van der Waals surface area contributed by atoms with E-state index >= 15 is 0 Å². The molecule has 172 valence electrons. The molecule has 0 atom stereocenters. The Morgan fingerprint density at radius 1 is 1.26 bits per heavy atom.